The number of hydrogen-bond acceptors (Lipinski definition) is 1. The van der Waals surface area contributed by atoms with E-state index in [1.54, 1.807) is 6.08 Å². The van der Waals surface area contributed by atoms with Crippen molar-refractivity contribution in [3.63, 3.8) is 0 Å². The third kappa shape index (κ3) is 5.15. The van der Waals surface area contributed by atoms with Crippen LogP contribution >= 0.6 is 0 Å². The molecule has 0 saturated heterocycles. The smallest absolute Gasteiger partial charge is 0.0932 e. The van der Waals surface area contributed by atoms with Gasteiger partial charge in [0, 0.05) is 0 Å². The molecule has 1 nitrogen and oxygen atoms in total. The van der Waals surface area contributed by atoms with Gasteiger partial charge in [0.15, 0.2) is 0 Å². The molecule has 0 rings (SSSR count). The summed E-state index contributed by atoms with van der Waals surface area (Å²) in [6, 6.07) is 0. The predicted octanol–water partition coefficient (Wildman–Crippen LogP) is 2.50. The second-order valence-corrected chi connectivity index (χ2v) is 2.18. The average Bonchev–Trinajstić information content (AvgIpc) is 1.63. The maximum atomic E-state index is 5.28. The average molecular weight is 126 g/mol. The monoisotopic (exact) mass is 126 g/mol. The number of rotatable bonds is 3. The molecule has 0 aromatic carbocycles. The molecule has 0 fully saturated rings. The molecule has 0 aliphatic carbocycles. The van der Waals surface area contributed by atoms with Crippen LogP contribution in [0.15, 0.2) is 24.5 Å². The maximum Gasteiger partial charge on any atom is 0.0932 e. The van der Waals surface area contributed by atoms with Crippen LogP contribution < -0.4 is 0 Å². The second-order valence-electron chi connectivity index (χ2n) is 2.18. The number of hydrogen-bond donors (Lipinski definition) is 0. The topological polar surface area (TPSA) is 9.23 Å². The molecule has 0 atom stereocenters. The fraction of sp³-hybridized carbons (Fsp3) is 0.500. The van der Waals surface area contributed by atoms with Crippen molar-refractivity contribution in [2.24, 2.45) is 0 Å². The first-order valence-electron chi connectivity index (χ1n) is 3.12. The van der Waals surface area contributed by atoms with Gasteiger partial charge in [-0.1, -0.05) is 12.7 Å². The van der Waals surface area contributed by atoms with E-state index in [1.165, 1.54) is 0 Å². The van der Waals surface area contributed by atoms with Gasteiger partial charge in [-0.05, 0) is 26.8 Å². The molecular weight excluding hydrogens is 112 g/mol. The van der Waals surface area contributed by atoms with Gasteiger partial charge in [0.25, 0.3) is 0 Å². The lowest BCUT2D eigenvalue weighted by Crippen LogP contribution is -1.99. The summed E-state index contributed by atoms with van der Waals surface area (Å²) >= 11 is 0. The van der Waals surface area contributed by atoms with Gasteiger partial charge in [-0.15, -0.1) is 0 Å². The van der Waals surface area contributed by atoms with Gasteiger partial charge >= 0.3 is 0 Å². The van der Waals surface area contributed by atoms with Crippen LogP contribution in [0.2, 0.25) is 0 Å². The Balaban J connectivity index is 3.61. The van der Waals surface area contributed by atoms with Crippen LogP contribution in [-0.4, -0.2) is 6.10 Å². The van der Waals surface area contributed by atoms with Crippen LogP contribution in [0.5, 0.6) is 0 Å². The molecule has 9 heavy (non-hydrogen) atoms. The summed E-state index contributed by atoms with van der Waals surface area (Å²) in [7, 11) is 0. The van der Waals surface area contributed by atoms with Gasteiger partial charge in [-0.3, -0.25) is 0 Å². The Labute approximate surface area is 57.0 Å². The molecule has 0 aliphatic heterocycles. The van der Waals surface area contributed by atoms with E-state index in [2.05, 4.69) is 6.58 Å². The second kappa shape index (κ2) is 4.19. The lowest BCUT2D eigenvalue weighted by molar-refractivity contribution is 0.149. The van der Waals surface area contributed by atoms with Crippen LogP contribution in [0.1, 0.15) is 20.8 Å². The third-order valence-electron chi connectivity index (χ3n) is 0.774. The highest BCUT2D eigenvalue weighted by Gasteiger charge is 1.90. The molecule has 0 aromatic rings. The van der Waals surface area contributed by atoms with Crippen molar-refractivity contribution in [3.05, 3.63) is 24.5 Å². The van der Waals surface area contributed by atoms with E-state index in [0.29, 0.717) is 0 Å². The summed E-state index contributed by atoms with van der Waals surface area (Å²) in [5.74, 6) is 0.917. The molecule has 0 N–H and O–H groups in total. The highest BCUT2D eigenvalue weighted by molar-refractivity contribution is 5.01. The van der Waals surface area contributed by atoms with Crippen molar-refractivity contribution in [2.45, 2.75) is 26.9 Å². The molecule has 0 aromatic heterocycles. The number of allylic oxidation sites excluding steroid dienone is 3. The third-order valence-corrected chi connectivity index (χ3v) is 0.774. The molecule has 0 spiro atoms. The molecular formula is C8H14O. The first kappa shape index (κ1) is 8.28. The van der Waals surface area contributed by atoms with Crippen molar-refractivity contribution in [1.29, 1.82) is 0 Å². The molecule has 0 bridgehead atoms. The fourth-order valence-corrected chi connectivity index (χ4v) is 0.577. The Morgan fingerprint density at radius 3 is 2.44 bits per heavy atom. The van der Waals surface area contributed by atoms with Gasteiger partial charge in [0.2, 0.25) is 0 Å². The largest absolute Gasteiger partial charge is 0.496 e. The summed E-state index contributed by atoms with van der Waals surface area (Å²) in [6.45, 7) is 9.47. The van der Waals surface area contributed by atoms with Crippen LogP contribution in [0, 0.1) is 0 Å². The van der Waals surface area contributed by atoms with E-state index < -0.39 is 0 Å². The lowest BCUT2D eigenvalue weighted by atomic mass is 10.4. The van der Waals surface area contributed by atoms with Gasteiger partial charge in [0.05, 0.1) is 11.9 Å². The van der Waals surface area contributed by atoms with E-state index in [1.807, 2.05) is 26.8 Å². The van der Waals surface area contributed by atoms with Gasteiger partial charge in [-0.25, -0.2) is 0 Å². The molecule has 52 valence electrons. The minimum Gasteiger partial charge on any atom is -0.496 e. The molecule has 0 unspecified atom stereocenters. The Hall–Kier alpha value is -0.720. The summed E-state index contributed by atoms with van der Waals surface area (Å²) in [5.41, 5.74) is 0. The first-order chi connectivity index (χ1) is 4.16. The van der Waals surface area contributed by atoms with Crippen LogP contribution in [0.25, 0.3) is 0 Å². The van der Waals surface area contributed by atoms with Crippen LogP contribution in [0.3, 0.4) is 0 Å². The minimum atomic E-state index is 0.265. The van der Waals surface area contributed by atoms with Crippen molar-refractivity contribution in [3.8, 4) is 0 Å². The van der Waals surface area contributed by atoms with E-state index >= 15 is 0 Å². The Bertz CT molecular complexity index is 112. The Morgan fingerprint density at radius 1 is 1.56 bits per heavy atom. The highest BCUT2D eigenvalue weighted by atomic mass is 16.5. The van der Waals surface area contributed by atoms with Crippen LogP contribution in [0.4, 0.5) is 0 Å². The van der Waals surface area contributed by atoms with Crippen molar-refractivity contribution < 1.29 is 4.74 Å². The van der Waals surface area contributed by atoms with E-state index in [9.17, 15) is 0 Å². The highest BCUT2D eigenvalue weighted by Crippen LogP contribution is 1.99. The van der Waals surface area contributed by atoms with Crippen molar-refractivity contribution in [2.75, 3.05) is 0 Å². The summed E-state index contributed by atoms with van der Waals surface area (Å²) in [5, 5.41) is 0. The quantitative estimate of drug-likeness (QED) is 0.417. The first-order valence-corrected chi connectivity index (χ1v) is 3.12. The predicted molar refractivity (Wildman–Crippen MR) is 40.2 cm³/mol. The van der Waals surface area contributed by atoms with Gasteiger partial charge in [0.1, 0.15) is 0 Å². The van der Waals surface area contributed by atoms with Gasteiger partial charge < -0.3 is 4.74 Å². The normalized spacial score (nSPS) is 11.8. The molecule has 0 saturated carbocycles. The zero-order chi connectivity index (χ0) is 7.28. The lowest BCUT2D eigenvalue weighted by Gasteiger charge is -2.07. The Kier molecular flexibility index (Phi) is 3.85. The van der Waals surface area contributed by atoms with E-state index in [4.69, 9.17) is 4.74 Å². The standard InChI is InChI=1S/C8H14O/c1-5-6-8(4)9-7(2)3/h5-7H,1H2,2-4H3/b8-6+. The molecule has 0 amide bonds. The maximum absolute atomic E-state index is 5.28. The summed E-state index contributed by atoms with van der Waals surface area (Å²) in [6.07, 6.45) is 3.83. The van der Waals surface area contributed by atoms with Crippen molar-refractivity contribution >= 4 is 0 Å². The zero-order valence-corrected chi connectivity index (χ0v) is 6.35. The SMILES string of the molecule is C=C/C=C(\C)OC(C)C. The van der Waals surface area contributed by atoms with Crippen molar-refractivity contribution in [1.82, 2.24) is 0 Å². The minimum absolute atomic E-state index is 0.265. The Morgan fingerprint density at radius 2 is 2.11 bits per heavy atom. The zero-order valence-electron chi connectivity index (χ0n) is 6.35. The van der Waals surface area contributed by atoms with E-state index in [-0.39, 0.29) is 6.10 Å². The summed E-state index contributed by atoms with van der Waals surface area (Å²) < 4.78 is 5.28. The fourth-order valence-electron chi connectivity index (χ4n) is 0.577. The molecule has 0 radical (unpaired) electrons. The molecule has 0 heterocycles. The molecule has 0 aliphatic rings. The molecule has 1 heteroatoms. The van der Waals surface area contributed by atoms with Crippen LogP contribution in [-0.2, 0) is 4.74 Å². The summed E-state index contributed by atoms with van der Waals surface area (Å²) in [4.78, 5) is 0. The van der Waals surface area contributed by atoms with Gasteiger partial charge in [-0.2, -0.15) is 0 Å². The van der Waals surface area contributed by atoms with E-state index in [0.717, 1.165) is 5.76 Å². The number of ether oxygens (including phenoxy) is 1.